The molecule has 10 rings (SSSR count). The summed E-state index contributed by atoms with van der Waals surface area (Å²) in [5.74, 6) is 0. The Morgan fingerprint density at radius 2 is 0.704 bits per heavy atom. The van der Waals surface area contributed by atoms with Crippen molar-refractivity contribution in [1.82, 2.24) is 0 Å². The smallest absolute Gasteiger partial charge is 0.0462 e. The van der Waals surface area contributed by atoms with Crippen LogP contribution in [0.1, 0.15) is 0 Å². The van der Waals surface area contributed by atoms with Gasteiger partial charge in [-0.15, -0.1) is 11.3 Å². The van der Waals surface area contributed by atoms with Gasteiger partial charge in [0.05, 0.1) is 0 Å². The summed E-state index contributed by atoms with van der Waals surface area (Å²) in [6.45, 7) is 0. The lowest BCUT2D eigenvalue weighted by Gasteiger charge is -2.26. The van der Waals surface area contributed by atoms with Crippen molar-refractivity contribution in [2.75, 3.05) is 4.90 Å². The third-order valence-electron chi connectivity index (χ3n) is 10.5. The van der Waals surface area contributed by atoms with E-state index in [2.05, 4.69) is 217 Å². The molecule has 0 unspecified atom stereocenters. The third kappa shape index (κ3) is 6.03. The average molecular weight is 706 g/mol. The molecule has 254 valence electrons. The standard InChI is InChI=1S/C52H35NS/c1-2-9-36(10-3-1)38-19-26-46(27-20-38)53(48-30-23-40(24-31-48)45-25-32-52-50(35-45)49-15-6-7-16-51(49)54-52)47-28-21-39(22-29-47)42-13-8-14-43(33-42)44-18-17-37-11-4-5-12-41(37)34-44/h1-35H. The van der Waals surface area contributed by atoms with Gasteiger partial charge >= 0.3 is 0 Å². The molecule has 0 fully saturated rings. The van der Waals surface area contributed by atoms with Gasteiger partial charge in [0.25, 0.3) is 0 Å². The quantitative estimate of drug-likeness (QED) is 0.160. The van der Waals surface area contributed by atoms with Crippen LogP contribution in [0, 0.1) is 0 Å². The van der Waals surface area contributed by atoms with E-state index in [1.54, 1.807) is 0 Å². The molecule has 1 nitrogen and oxygen atoms in total. The molecule has 0 radical (unpaired) electrons. The van der Waals surface area contributed by atoms with E-state index in [0.717, 1.165) is 17.1 Å². The number of benzene rings is 9. The molecule has 1 heterocycles. The predicted octanol–water partition coefficient (Wildman–Crippen LogP) is 15.3. The summed E-state index contributed by atoms with van der Waals surface area (Å²) in [6, 6.07) is 77.1. The Bertz CT molecular complexity index is 2900. The zero-order chi connectivity index (χ0) is 35.8. The van der Waals surface area contributed by atoms with E-state index in [0.29, 0.717) is 0 Å². The van der Waals surface area contributed by atoms with Gasteiger partial charge in [0.2, 0.25) is 0 Å². The van der Waals surface area contributed by atoms with Crippen molar-refractivity contribution in [3.8, 4) is 44.5 Å². The Morgan fingerprint density at radius 3 is 1.39 bits per heavy atom. The fourth-order valence-electron chi connectivity index (χ4n) is 7.64. The highest BCUT2D eigenvalue weighted by molar-refractivity contribution is 7.25. The maximum atomic E-state index is 2.35. The van der Waals surface area contributed by atoms with Gasteiger partial charge in [-0.05, 0) is 122 Å². The molecular weight excluding hydrogens is 671 g/mol. The van der Waals surface area contributed by atoms with Crippen LogP contribution in [0.2, 0.25) is 0 Å². The predicted molar refractivity (Wildman–Crippen MR) is 233 cm³/mol. The number of thiophene rings is 1. The number of anilines is 3. The highest BCUT2D eigenvalue weighted by Gasteiger charge is 2.15. The van der Waals surface area contributed by atoms with Crippen LogP contribution >= 0.6 is 11.3 Å². The van der Waals surface area contributed by atoms with Crippen molar-refractivity contribution in [3.05, 3.63) is 212 Å². The van der Waals surface area contributed by atoms with Crippen molar-refractivity contribution in [2.45, 2.75) is 0 Å². The lowest BCUT2D eigenvalue weighted by Crippen LogP contribution is -2.09. The molecule has 10 aromatic rings. The molecule has 0 saturated carbocycles. The second-order valence-electron chi connectivity index (χ2n) is 13.8. The molecular formula is C52H35NS. The van der Waals surface area contributed by atoms with E-state index in [4.69, 9.17) is 0 Å². The molecule has 0 amide bonds. The molecule has 0 N–H and O–H groups in total. The second-order valence-corrected chi connectivity index (χ2v) is 14.9. The normalized spacial score (nSPS) is 11.3. The first kappa shape index (κ1) is 32.0. The van der Waals surface area contributed by atoms with Crippen LogP contribution < -0.4 is 4.90 Å². The van der Waals surface area contributed by atoms with E-state index >= 15 is 0 Å². The first-order valence-electron chi connectivity index (χ1n) is 18.4. The van der Waals surface area contributed by atoms with Crippen LogP contribution in [0.4, 0.5) is 17.1 Å². The lowest BCUT2D eigenvalue weighted by molar-refractivity contribution is 1.28. The van der Waals surface area contributed by atoms with E-state index < -0.39 is 0 Å². The molecule has 2 heteroatoms. The summed E-state index contributed by atoms with van der Waals surface area (Å²) < 4.78 is 2.66. The molecule has 0 aliphatic carbocycles. The Labute approximate surface area is 319 Å². The second kappa shape index (κ2) is 13.7. The van der Waals surface area contributed by atoms with Crippen molar-refractivity contribution in [1.29, 1.82) is 0 Å². The highest BCUT2D eigenvalue weighted by atomic mass is 32.1. The van der Waals surface area contributed by atoms with E-state index in [1.807, 2.05) is 11.3 Å². The number of rotatable bonds is 7. The van der Waals surface area contributed by atoms with Gasteiger partial charge in [0.15, 0.2) is 0 Å². The Balaban J connectivity index is 0.998. The van der Waals surface area contributed by atoms with Gasteiger partial charge in [0.1, 0.15) is 0 Å². The lowest BCUT2D eigenvalue weighted by atomic mass is 9.97. The van der Waals surface area contributed by atoms with Crippen molar-refractivity contribution in [2.24, 2.45) is 0 Å². The minimum absolute atomic E-state index is 1.11. The van der Waals surface area contributed by atoms with E-state index in [1.165, 1.54) is 75.5 Å². The first-order chi connectivity index (χ1) is 26.7. The monoisotopic (exact) mass is 705 g/mol. The van der Waals surface area contributed by atoms with Crippen LogP contribution in [-0.4, -0.2) is 0 Å². The third-order valence-corrected chi connectivity index (χ3v) is 11.6. The number of fused-ring (bicyclic) bond motifs is 4. The first-order valence-corrected chi connectivity index (χ1v) is 19.2. The average Bonchev–Trinajstić information content (AvgIpc) is 3.63. The maximum absolute atomic E-state index is 2.35. The van der Waals surface area contributed by atoms with Crippen molar-refractivity contribution in [3.63, 3.8) is 0 Å². The van der Waals surface area contributed by atoms with Gasteiger partial charge in [-0.25, -0.2) is 0 Å². The topological polar surface area (TPSA) is 3.24 Å². The Hall–Kier alpha value is -6.74. The fourth-order valence-corrected chi connectivity index (χ4v) is 8.73. The van der Waals surface area contributed by atoms with Gasteiger partial charge in [-0.3, -0.25) is 0 Å². The number of hydrogen-bond donors (Lipinski definition) is 0. The molecule has 0 spiro atoms. The molecule has 9 aromatic carbocycles. The molecule has 54 heavy (non-hydrogen) atoms. The van der Waals surface area contributed by atoms with Crippen LogP contribution in [0.5, 0.6) is 0 Å². The van der Waals surface area contributed by atoms with E-state index in [-0.39, 0.29) is 0 Å². The van der Waals surface area contributed by atoms with Crippen molar-refractivity contribution >= 4 is 59.3 Å². The molecule has 1 aromatic heterocycles. The van der Waals surface area contributed by atoms with Crippen LogP contribution in [0.15, 0.2) is 212 Å². The minimum atomic E-state index is 1.11. The summed E-state index contributed by atoms with van der Waals surface area (Å²) in [5.41, 5.74) is 13.0. The maximum Gasteiger partial charge on any atom is 0.0462 e. The SMILES string of the molecule is c1ccc(-c2ccc(N(c3ccc(-c4cccc(-c5ccc6ccccc6c5)c4)cc3)c3ccc(-c4ccc5sc6ccccc6c5c4)cc3)cc2)cc1. The van der Waals surface area contributed by atoms with Crippen LogP contribution in [-0.2, 0) is 0 Å². The summed E-state index contributed by atoms with van der Waals surface area (Å²) in [6.07, 6.45) is 0. The summed E-state index contributed by atoms with van der Waals surface area (Å²) in [4.78, 5) is 2.35. The largest absolute Gasteiger partial charge is 0.311 e. The number of nitrogens with zero attached hydrogens (tertiary/aromatic N) is 1. The van der Waals surface area contributed by atoms with Crippen LogP contribution in [0.3, 0.4) is 0 Å². The molecule has 0 aliphatic rings. The Kier molecular flexibility index (Phi) is 8.09. The zero-order valence-electron chi connectivity index (χ0n) is 29.6. The molecule has 0 bridgehead atoms. The molecule has 0 atom stereocenters. The number of hydrogen-bond acceptors (Lipinski definition) is 2. The minimum Gasteiger partial charge on any atom is -0.311 e. The summed E-state index contributed by atoms with van der Waals surface area (Å²) >= 11 is 1.86. The van der Waals surface area contributed by atoms with Gasteiger partial charge in [-0.1, -0.05) is 146 Å². The zero-order valence-corrected chi connectivity index (χ0v) is 30.4. The van der Waals surface area contributed by atoms with Gasteiger partial charge in [-0.2, -0.15) is 0 Å². The van der Waals surface area contributed by atoms with Gasteiger partial charge < -0.3 is 4.90 Å². The van der Waals surface area contributed by atoms with Crippen LogP contribution in [0.25, 0.3) is 75.5 Å². The Morgan fingerprint density at radius 1 is 0.259 bits per heavy atom. The highest BCUT2D eigenvalue weighted by Crippen LogP contribution is 2.40. The fraction of sp³-hybridized carbons (Fsp3) is 0. The summed E-state index contributed by atoms with van der Waals surface area (Å²) in [7, 11) is 0. The summed E-state index contributed by atoms with van der Waals surface area (Å²) in [5, 5.41) is 5.16. The van der Waals surface area contributed by atoms with Crippen molar-refractivity contribution < 1.29 is 0 Å². The molecule has 0 saturated heterocycles. The van der Waals surface area contributed by atoms with Gasteiger partial charge in [0, 0.05) is 37.2 Å². The molecule has 0 aliphatic heterocycles. The van der Waals surface area contributed by atoms with E-state index in [9.17, 15) is 0 Å².